The summed E-state index contributed by atoms with van der Waals surface area (Å²) in [7, 11) is 0. The maximum atomic E-state index is 12.6. The first-order valence-electron chi connectivity index (χ1n) is 10.6. The van der Waals surface area contributed by atoms with Crippen LogP contribution in [0, 0.1) is 6.92 Å². The first kappa shape index (κ1) is 21.8. The van der Waals surface area contributed by atoms with Crippen LogP contribution in [0.15, 0.2) is 95.1 Å². The lowest BCUT2D eigenvalue weighted by Gasteiger charge is -2.09. The summed E-state index contributed by atoms with van der Waals surface area (Å²) in [5, 5.41) is 4.38. The van der Waals surface area contributed by atoms with Crippen molar-refractivity contribution in [2.75, 3.05) is 0 Å². The molecule has 4 rings (SSSR count). The van der Waals surface area contributed by atoms with Crippen molar-refractivity contribution in [1.82, 2.24) is 20.4 Å². The highest BCUT2D eigenvalue weighted by atomic mass is 16.2. The average Bonchev–Trinajstić information content (AvgIpc) is 2.85. The van der Waals surface area contributed by atoms with Crippen LogP contribution in [0.2, 0.25) is 0 Å². The van der Waals surface area contributed by atoms with Crippen LogP contribution < -0.4 is 11.0 Å². The number of hydrazone groups is 1. The predicted octanol–water partition coefficient (Wildman–Crippen LogP) is 3.64. The number of carbonyl (C=O) groups is 1. The first-order valence-corrected chi connectivity index (χ1v) is 10.6. The number of benzene rings is 2. The molecule has 2 aromatic carbocycles. The van der Waals surface area contributed by atoms with Gasteiger partial charge in [-0.25, -0.2) is 10.4 Å². The largest absolute Gasteiger partial charge is 0.306 e. The van der Waals surface area contributed by atoms with Gasteiger partial charge < -0.3 is 4.98 Å². The molecule has 2 aromatic heterocycles. The van der Waals surface area contributed by atoms with Crippen molar-refractivity contribution < 1.29 is 4.79 Å². The zero-order valence-corrected chi connectivity index (χ0v) is 18.2. The second-order valence-electron chi connectivity index (χ2n) is 7.44. The van der Waals surface area contributed by atoms with Gasteiger partial charge in [-0.15, -0.1) is 0 Å². The third kappa shape index (κ3) is 5.46. The van der Waals surface area contributed by atoms with Crippen molar-refractivity contribution in [3.8, 4) is 11.4 Å². The SMILES string of the molecule is Cc1nc(-c2ccncc2)[nH]c(=O)c1CCC(=O)NN=C(c1ccccc1)c1ccccc1. The van der Waals surface area contributed by atoms with Gasteiger partial charge in [0.2, 0.25) is 5.91 Å². The van der Waals surface area contributed by atoms with E-state index in [-0.39, 0.29) is 24.3 Å². The van der Waals surface area contributed by atoms with E-state index in [4.69, 9.17) is 0 Å². The quantitative estimate of drug-likeness (QED) is 0.340. The molecule has 0 saturated heterocycles. The number of rotatable bonds is 7. The van der Waals surface area contributed by atoms with E-state index < -0.39 is 0 Å². The summed E-state index contributed by atoms with van der Waals surface area (Å²) in [6.45, 7) is 1.77. The minimum absolute atomic E-state index is 0.112. The van der Waals surface area contributed by atoms with E-state index >= 15 is 0 Å². The Morgan fingerprint density at radius 1 is 0.939 bits per heavy atom. The van der Waals surface area contributed by atoms with Gasteiger partial charge in [-0.3, -0.25) is 14.6 Å². The fourth-order valence-electron chi connectivity index (χ4n) is 3.45. The van der Waals surface area contributed by atoms with E-state index in [2.05, 4.69) is 25.5 Å². The lowest BCUT2D eigenvalue weighted by atomic mass is 10.0. The molecule has 0 aliphatic heterocycles. The van der Waals surface area contributed by atoms with Crippen LogP contribution in [0.3, 0.4) is 0 Å². The molecule has 0 aliphatic rings. The molecule has 164 valence electrons. The number of H-pyrrole nitrogens is 1. The highest BCUT2D eigenvalue weighted by Crippen LogP contribution is 2.14. The Bertz CT molecular complexity index is 1280. The van der Waals surface area contributed by atoms with Crippen LogP contribution in [-0.4, -0.2) is 26.6 Å². The number of nitrogens with one attached hydrogen (secondary N) is 2. The van der Waals surface area contributed by atoms with Gasteiger partial charge in [0.15, 0.2) is 0 Å². The van der Waals surface area contributed by atoms with Gasteiger partial charge in [0.25, 0.3) is 5.56 Å². The Labute approximate surface area is 191 Å². The summed E-state index contributed by atoms with van der Waals surface area (Å²) in [6.07, 6.45) is 3.66. The maximum Gasteiger partial charge on any atom is 0.254 e. The van der Waals surface area contributed by atoms with E-state index in [1.165, 1.54) is 0 Å². The van der Waals surface area contributed by atoms with Crippen LogP contribution in [0.1, 0.15) is 28.8 Å². The molecule has 2 heterocycles. The Hall–Kier alpha value is -4.39. The third-order valence-corrected chi connectivity index (χ3v) is 5.16. The lowest BCUT2D eigenvalue weighted by Crippen LogP contribution is -2.23. The van der Waals surface area contributed by atoms with Crippen molar-refractivity contribution in [3.05, 3.63) is 118 Å². The van der Waals surface area contributed by atoms with Crippen molar-refractivity contribution in [1.29, 1.82) is 0 Å². The molecule has 0 saturated carbocycles. The first-order chi connectivity index (χ1) is 16.1. The van der Waals surface area contributed by atoms with Crippen LogP contribution in [0.4, 0.5) is 0 Å². The molecule has 0 atom stereocenters. The van der Waals surface area contributed by atoms with Gasteiger partial charge in [-0.2, -0.15) is 5.10 Å². The van der Waals surface area contributed by atoms with Crippen molar-refractivity contribution >= 4 is 11.6 Å². The second kappa shape index (κ2) is 10.3. The highest BCUT2D eigenvalue weighted by molar-refractivity contribution is 6.13. The number of hydrogen-bond donors (Lipinski definition) is 2. The minimum Gasteiger partial charge on any atom is -0.306 e. The molecule has 7 nitrogen and oxygen atoms in total. The summed E-state index contributed by atoms with van der Waals surface area (Å²) < 4.78 is 0. The maximum absolute atomic E-state index is 12.6. The summed E-state index contributed by atoms with van der Waals surface area (Å²) in [6, 6.07) is 22.9. The number of pyridine rings is 1. The molecule has 0 aliphatic carbocycles. The molecule has 33 heavy (non-hydrogen) atoms. The third-order valence-electron chi connectivity index (χ3n) is 5.16. The number of aromatic amines is 1. The van der Waals surface area contributed by atoms with Gasteiger partial charge in [0, 0.05) is 46.8 Å². The van der Waals surface area contributed by atoms with E-state index in [9.17, 15) is 9.59 Å². The van der Waals surface area contributed by atoms with Gasteiger partial charge >= 0.3 is 0 Å². The van der Waals surface area contributed by atoms with Crippen molar-refractivity contribution in [3.63, 3.8) is 0 Å². The summed E-state index contributed by atoms with van der Waals surface area (Å²) >= 11 is 0. The number of aryl methyl sites for hydroxylation is 1. The summed E-state index contributed by atoms with van der Waals surface area (Å²) in [5.74, 6) is 0.199. The molecule has 0 fully saturated rings. The Kier molecular flexibility index (Phi) is 6.80. The van der Waals surface area contributed by atoms with E-state index in [0.29, 0.717) is 22.8 Å². The molecular formula is C26H23N5O2. The van der Waals surface area contributed by atoms with Crippen LogP contribution in [0.5, 0.6) is 0 Å². The zero-order chi connectivity index (χ0) is 23.0. The monoisotopic (exact) mass is 437 g/mol. The second-order valence-corrected chi connectivity index (χ2v) is 7.44. The molecule has 1 amide bonds. The zero-order valence-electron chi connectivity index (χ0n) is 18.2. The standard InChI is InChI=1S/C26H23N5O2/c1-18-22(26(33)29-25(28-18)21-14-16-27-17-15-21)12-13-23(32)30-31-24(19-8-4-2-5-9-19)20-10-6-3-7-11-20/h2-11,14-17H,12-13H2,1H3,(H,30,32)(H,28,29,33). The molecule has 0 spiro atoms. The van der Waals surface area contributed by atoms with E-state index in [0.717, 1.165) is 16.7 Å². The van der Waals surface area contributed by atoms with Crippen molar-refractivity contribution in [2.24, 2.45) is 5.10 Å². The van der Waals surface area contributed by atoms with Gasteiger partial charge in [0.1, 0.15) is 5.82 Å². The number of carbonyl (C=O) groups excluding carboxylic acids is 1. The van der Waals surface area contributed by atoms with Gasteiger partial charge in [-0.1, -0.05) is 60.7 Å². The molecular weight excluding hydrogens is 414 g/mol. The molecule has 0 radical (unpaired) electrons. The Morgan fingerprint density at radius 2 is 1.55 bits per heavy atom. The number of aromatic nitrogens is 3. The Balaban J connectivity index is 1.48. The Morgan fingerprint density at radius 3 is 2.12 bits per heavy atom. The van der Waals surface area contributed by atoms with Crippen molar-refractivity contribution in [2.45, 2.75) is 19.8 Å². The average molecular weight is 438 g/mol. The van der Waals surface area contributed by atoms with Crippen LogP contribution in [-0.2, 0) is 11.2 Å². The van der Waals surface area contributed by atoms with E-state index in [1.54, 1.807) is 31.5 Å². The molecule has 0 bridgehead atoms. The van der Waals surface area contributed by atoms with Gasteiger partial charge in [-0.05, 0) is 25.5 Å². The van der Waals surface area contributed by atoms with Crippen LogP contribution >= 0.6 is 0 Å². The fraction of sp³-hybridized carbons (Fsp3) is 0.115. The summed E-state index contributed by atoms with van der Waals surface area (Å²) in [5.41, 5.74) is 6.70. The number of nitrogens with zero attached hydrogens (tertiary/aromatic N) is 3. The molecule has 4 aromatic rings. The minimum atomic E-state index is -0.281. The van der Waals surface area contributed by atoms with Gasteiger partial charge in [0.05, 0.1) is 5.71 Å². The van der Waals surface area contributed by atoms with Crippen LogP contribution in [0.25, 0.3) is 11.4 Å². The topological polar surface area (TPSA) is 100 Å². The summed E-state index contributed by atoms with van der Waals surface area (Å²) in [4.78, 5) is 36.4. The smallest absolute Gasteiger partial charge is 0.254 e. The van der Waals surface area contributed by atoms with E-state index in [1.807, 2.05) is 60.7 Å². The molecule has 7 heteroatoms. The highest BCUT2D eigenvalue weighted by Gasteiger charge is 2.12. The molecule has 2 N–H and O–H groups in total. The predicted molar refractivity (Wildman–Crippen MR) is 128 cm³/mol. The normalized spacial score (nSPS) is 10.5. The molecule has 0 unspecified atom stereocenters. The number of amides is 1. The lowest BCUT2D eigenvalue weighted by molar-refractivity contribution is -0.121. The fourth-order valence-corrected chi connectivity index (χ4v) is 3.45. The number of hydrogen-bond acceptors (Lipinski definition) is 5.